The summed E-state index contributed by atoms with van der Waals surface area (Å²) < 4.78 is 6.71. The fourth-order valence-electron chi connectivity index (χ4n) is 1.88. The third-order valence-electron chi connectivity index (χ3n) is 2.84. The van der Waals surface area contributed by atoms with Gasteiger partial charge in [-0.3, -0.25) is 4.79 Å². The molecule has 1 heterocycles. The van der Waals surface area contributed by atoms with E-state index in [1.807, 2.05) is 31.2 Å². The number of ether oxygens (including phenoxy) is 1. The molecule has 0 unspecified atom stereocenters. The zero-order chi connectivity index (χ0) is 14.5. The van der Waals surface area contributed by atoms with Crippen molar-refractivity contribution in [3.8, 4) is 5.75 Å². The van der Waals surface area contributed by atoms with Crippen molar-refractivity contribution in [1.82, 2.24) is 4.57 Å². The molecule has 104 valence electrons. The number of hydrogen-bond acceptors (Lipinski definition) is 3. The van der Waals surface area contributed by atoms with Crippen molar-refractivity contribution in [3.63, 3.8) is 0 Å². The summed E-state index contributed by atoms with van der Waals surface area (Å²) in [6.45, 7) is 2.83. The van der Waals surface area contributed by atoms with Gasteiger partial charge in [0.1, 0.15) is 11.3 Å². The van der Waals surface area contributed by atoms with Gasteiger partial charge >= 0.3 is 5.97 Å². The van der Waals surface area contributed by atoms with Crippen LogP contribution in [0.5, 0.6) is 5.75 Å². The third kappa shape index (κ3) is 3.06. The quantitative estimate of drug-likeness (QED) is 0.904. The van der Waals surface area contributed by atoms with Crippen LogP contribution in [0.3, 0.4) is 0 Å². The lowest BCUT2D eigenvalue weighted by Crippen LogP contribution is -2.25. The van der Waals surface area contributed by atoms with Gasteiger partial charge in [0, 0.05) is 6.20 Å². The van der Waals surface area contributed by atoms with Gasteiger partial charge in [0.25, 0.3) is 5.56 Å². The summed E-state index contributed by atoms with van der Waals surface area (Å²) in [5, 5.41) is 8.92. The van der Waals surface area contributed by atoms with Gasteiger partial charge in [-0.25, -0.2) is 4.79 Å². The Morgan fingerprint density at radius 1 is 1.25 bits per heavy atom. The molecule has 1 aromatic carbocycles. The predicted molar refractivity (Wildman–Crippen MR) is 74.4 cm³/mol. The lowest BCUT2D eigenvalue weighted by Gasteiger charge is -2.08. The highest BCUT2D eigenvalue weighted by Crippen LogP contribution is 2.12. The number of aromatic carboxylic acids is 1. The van der Waals surface area contributed by atoms with Crippen molar-refractivity contribution >= 4 is 5.97 Å². The second-order valence-corrected chi connectivity index (χ2v) is 4.24. The summed E-state index contributed by atoms with van der Waals surface area (Å²) in [5.74, 6) is -0.445. The molecule has 0 saturated heterocycles. The fourth-order valence-corrected chi connectivity index (χ4v) is 1.88. The summed E-state index contributed by atoms with van der Waals surface area (Å²) in [6.07, 6.45) is 1.57. The Labute approximate surface area is 116 Å². The van der Waals surface area contributed by atoms with Crippen LogP contribution in [0.2, 0.25) is 0 Å². The van der Waals surface area contributed by atoms with Crippen LogP contribution in [-0.4, -0.2) is 22.2 Å². The van der Waals surface area contributed by atoms with Gasteiger partial charge in [-0.1, -0.05) is 12.1 Å². The Balaban J connectivity index is 2.24. The first-order valence-electron chi connectivity index (χ1n) is 6.26. The molecule has 1 N–H and O–H groups in total. The van der Waals surface area contributed by atoms with E-state index in [0.29, 0.717) is 13.2 Å². The Morgan fingerprint density at radius 2 is 1.95 bits per heavy atom. The van der Waals surface area contributed by atoms with E-state index in [0.717, 1.165) is 11.3 Å². The molecule has 1 aromatic heterocycles. The first-order chi connectivity index (χ1) is 9.61. The fraction of sp³-hybridized carbons (Fsp3) is 0.200. The molecular formula is C15H15NO4. The first kappa shape index (κ1) is 13.9. The van der Waals surface area contributed by atoms with Crippen LogP contribution in [0.15, 0.2) is 47.4 Å². The number of nitrogens with zero attached hydrogens (tertiary/aromatic N) is 1. The van der Waals surface area contributed by atoms with E-state index in [4.69, 9.17) is 9.84 Å². The average Bonchev–Trinajstić information content (AvgIpc) is 2.43. The molecule has 0 saturated carbocycles. The zero-order valence-electron chi connectivity index (χ0n) is 11.1. The Hall–Kier alpha value is -2.56. The molecule has 0 aliphatic carbocycles. The number of rotatable bonds is 5. The minimum absolute atomic E-state index is 0.224. The predicted octanol–water partition coefficient (Wildman–Crippen LogP) is 1.99. The van der Waals surface area contributed by atoms with E-state index in [1.165, 1.54) is 10.6 Å². The summed E-state index contributed by atoms with van der Waals surface area (Å²) in [7, 11) is 0. The average molecular weight is 273 g/mol. The lowest BCUT2D eigenvalue weighted by molar-refractivity contribution is 0.0694. The van der Waals surface area contributed by atoms with E-state index in [1.54, 1.807) is 12.3 Å². The maximum Gasteiger partial charge on any atom is 0.341 e. The van der Waals surface area contributed by atoms with Gasteiger partial charge in [-0.05, 0) is 36.8 Å². The molecule has 0 bridgehead atoms. The van der Waals surface area contributed by atoms with Crippen molar-refractivity contribution in [1.29, 1.82) is 0 Å². The number of carboxylic acids is 1. The van der Waals surface area contributed by atoms with Crippen LogP contribution < -0.4 is 10.3 Å². The molecule has 0 fully saturated rings. The molecule has 0 atom stereocenters. The van der Waals surface area contributed by atoms with Gasteiger partial charge in [0.2, 0.25) is 0 Å². The molecule has 2 aromatic rings. The van der Waals surface area contributed by atoms with Gasteiger partial charge in [-0.2, -0.15) is 0 Å². The maximum absolute atomic E-state index is 11.9. The van der Waals surface area contributed by atoms with Gasteiger partial charge in [0.05, 0.1) is 13.2 Å². The van der Waals surface area contributed by atoms with Gasteiger partial charge in [0.15, 0.2) is 0 Å². The Kier molecular flexibility index (Phi) is 4.20. The second-order valence-electron chi connectivity index (χ2n) is 4.24. The number of carboxylic acid groups (broad SMARTS) is 1. The number of pyridine rings is 1. The third-order valence-corrected chi connectivity index (χ3v) is 2.84. The molecule has 2 rings (SSSR count). The zero-order valence-corrected chi connectivity index (χ0v) is 11.1. The SMILES string of the molecule is CCOc1ccc(Cn2cccc(C(=O)O)c2=O)cc1. The van der Waals surface area contributed by atoms with E-state index in [-0.39, 0.29) is 5.56 Å². The Morgan fingerprint density at radius 3 is 2.55 bits per heavy atom. The summed E-state index contributed by atoms with van der Waals surface area (Å²) in [4.78, 5) is 22.9. The monoisotopic (exact) mass is 273 g/mol. The number of benzene rings is 1. The first-order valence-corrected chi connectivity index (χ1v) is 6.26. The van der Waals surface area contributed by atoms with E-state index >= 15 is 0 Å². The highest BCUT2D eigenvalue weighted by atomic mass is 16.5. The van der Waals surface area contributed by atoms with Crippen LogP contribution in [0, 0.1) is 0 Å². The number of aromatic nitrogens is 1. The molecule has 0 aliphatic heterocycles. The largest absolute Gasteiger partial charge is 0.494 e. The standard InChI is InChI=1S/C15H15NO4/c1-2-20-12-7-5-11(6-8-12)10-16-9-3-4-13(14(16)17)15(18)19/h3-9H,2,10H2,1H3,(H,18,19). The molecule has 0 spiro atoms. The molecule has 0 amide bonds. The van der Waals surface area contributed by atoms with Crippen molar-refractivity contribution in [3.05, 3.63) is 64.1 Å². The smallest absolute Gasteiger partial charge is 0.341 e. The van der Waals surface area contributed by atoms with E-state index in [9.17, 15) is 9.59 Å². The molecule has 20 heavy (non-hydrogen) atoms. The molecule has 5 nitrogen and oxygen atoms in total. The van der Waals surface area contributed by atoms with Crippen LogP contribution in [0.25, 0.3) is 0 Å². The Bertz CT molecular complexity index is 658. The summed E-state index contributed by atoms with van der Waals surface area (Å²) in [6, 6.07) is 10.2. The molecule has 5 heteroatoms. The van der Waals surface area contributed by atoms with E-state index < -0.39 is 11.5 Å². The van der Waals surface area contributed by atoms with Crippen LogP contribution in [0.4, 0.5) is 0 Å². The minimum atomic E-state index is -1.21. The van der Waals surface area contributed by atoms with Gasteiger partial charge < -0.3 is 14.4 Å². The number of hydrogen-bond donors (Lipinski definition) is 1. The van der Waals surface area contributed by atoms with Crippen molar-refractivity contribution in [2.24, 2.45) is 0 Å². The summed E-state index contributed by atoms with van der Waals surface area (Å²) in [5.41, 5.74) is 0.172. The topological polar surface area (TPSA) is 68.5 Å². The number of carbonyl (C=O) groups is 1. The maximum atomic E-state index is 11.9. The van der Waals surface area contributed by atoms with Gasteiger partial charge in [-0.15, -0.1) is 0 Å². The molecule has 0 radical (unpaired) electrons. The van der Waals surface area contributed by atoms with E-state index in [2.05, 4.69) is 0 Å². The second kappa shape index (κ2) is 6.06. The molecule has 0 aliphatic rings. The van der Waals surface area contributed by atoms with Crippen molar-refractivity contribution < 1.29 is 14.6 Å². The highest BCUT2D eigenvalue weighted by Gasteiger charge is 2.10. The van der Waals surface area contributed by atoms with Crippen molar-refractivity contribution in [2.75, 3.05) is 6.61 Å². The van der Waals surface area contributed by atoms with Crippen LogP contribution in [-0.2, 0) is 6.54 Å². The minimum Gasteiger partial charge on any atom is -0.494 e. The normalized spacial score (nSPS) is 10.2. The molecular weight excluding hydrogens is 258 g/mol. The van der Waals surface area contributed by atoms with Crippen LogP contribution in [0.1, 0.15) is 22.8 Å². The summed E-state index contributed by atoms with van der Waals surface area (Å²) >= 11 is 0. The highest BCUT2D eigenvalue weighted by molar-refractivity contribution is 5.86. The lowest BCUT2D eigenvalue weighted by atomic mass is 10.2. The van der Waals surface area contributed by atoms with Crippen LogP contribution >= 0.6 is 0 Å². The van der Waals surface area contributed by atoms with Crippen molar-refractivity contribution in [2.45, 2.75) is 13.5 Å².